The van der Waals surface area contributed by atoms with E-state index in [1.54, 1.807) is 0 Å². The summed E-state index contributed by atoms with van der Waals surface area (Å²) < 4.78 is 68.5. The number of ether oxygens (including phenoxy) is 4. The minimum atomic E-state index is -5.01. The van der Waals surface area contributed by atoms with Gasteiger partial charge in [-0.25, -0.2) is 9.13 Å². The number of aliphatic hydroxyl groups excluding tert-OH is 1. The van der Waals surface area contributed by atoms with Crippen LogP contribution in [-0.4, -0.2) is 96.7 Å². The van der Waals surface area contributed by atoms with E-state index in [4.69, 9.17) is 37.0 Å². The molecule has 0 radical (unpaired) electrons. The van der Waals surface area contributed by atoms with Crippen molar-refractivity contribution in [1.82, 2.24) is 0 Å². The van der Waals surface area contributed by atoms with Crippen molar-refractivity contribution in [2.24, 2.45) is 0 Å². The third kappa shape index (κ3) is 76.9. The van der Waals surface area contributed by atoms with Crippen molar-refractivity contribution in [3.05, 3.63) is 158 Å². The van der Waals surface area contributed by atoms with E-state index in [1.165, 1.54) is 64.2 Å². The number of phosphoric ester groups is 2. The highest BCUT2D eigenvalue weighted by atomic mass is 31.2. The van der Waals surface area contributed by atoms with Gasteiger partial charge in [0.15, 0.2) is 12.2 Å². The fraction of sp³-hybridized carbons (Fsp3) is 0.655. The van der Waals surface area contributed by atoms with Gasteiger partial charge >= 0.3 is 39.5 Å². The lowest BCUT2D eigenvalue weighted by molar-refractivity contribution is -0.161. The zero-order chi connectivity index (χ0) is 77.4. The fourth-order valence-electron chi connectivity index (χ4n) is 10.3. The summed E-state index contributed by atoms with van der Waals surface area (Å²) in [6, 6.07) is 0. The molecule has 0 amide bonds. The molecule has 0 aromatic heterocycles. The van der Waals surface area contributed by atoms with Gasteiger partial charge in [0.1, 0.15) is 19.3 Å². The Labute approximate surface area is 642 Å². The topological polar surface area (TPSA) is 237 Å². The molecule has 0 saturated carbocycles. The van der Waals surface area contributed by atoms with Gasteiger partial charge in [-0.2, -0.15) is 0 Å². The molecule has 106 heavy (non-hydrogen) atoms. The molecule has 17 nitrogen and oxygen atoms in total. The molecule has 0 aromatic carbocycles. The van der Waals surface area contributed by atoms with Crippen molar-refractivity contribution >= 4 is 39.5 Å². The summed E-state index contributed by atoms with van der Waals surface area (Å²) in [6.07, 6.45) is 90.9. The molecule has 0 heterocycles. The van der Waals surface area contributed by atoms with Gasteiger partial charge in [-0.05, 0) is 167 Å². The van der Waals surface area contributed by atoms with Crippen LogP contribution in [0.25, 0.3) is 0 Å². The zero-order valence-corrected chi connectivity index (χ0v) is 67.8. The lowest BCUT2D eigenvalue weighted by Gasteiger charge is -2.21. The first-order valence-corrected chi connectivity index (χ1v) is 43.7. The van der Waals surface area contributed by atoms with Crippen molar-refractivity contribution in [3.8, 4) is 0 Å². The van der Waals surface area contributed by atoms with Crippen molar-refractivity contribution in [3.63, 3.8) is 0 Å². The number of carbonyl (C=O) groups excluding carboxylic acids is 4. The minimum Gasteiger partial charge on any atom is -0.462 e. The summed E-state index contributed by atoms with van der Waals surface area (Å²) in [4.78, 5) is 73.0. The average Bonchev–Trinajstić information content (AvgIpc) is 1.23. The summed E-state index contributed by atoms with van der Waals surface area (Å²) >= 11 is 0. The molecule has 0 fully saturated rings. The first kappa shape index (κ1) is 101. The highest BCUT2D eigenvalue weighted by Crippen LogP contribution is 2.45. The quantitative estimate of drug-likeness (QED) is 0.0169. The van der Waals surface area contributed by atoms with Gasteiger partial charge in [-0.1, -0.05) is 276 Å². The molecule has 0 saturated heterocycles. The standard InChI is InChI=1S/C87H144O17P2/c1-5-9-13-17-21-25-29-33-36-38-40-42-45-49-52-56-60-64-68-72-85(90)98-78-83(104-87(92)74-70-66-62-58-54-50-46-43-41-39-37-34-30-26-22-18-14-10-6-2)80-102-106(95,96)100-76-81(88)75-99-105(93,94)101-79-82(103-86(91)73-69-65-61-57-53-47-32-28-24-20-16-12-8-4)77-97-84(89)71-67-63-59-55-51-48-44-35-31-27-23-19-15-11-7-3/h10,14,21-23,25-28,32-37,40-44,49-50,52,54,60,64,81-83,88H,5-9,11-13,15-20,24,29-31,38-39,45-48,51,53,55-59,61-63,65-80H2,1-4H3,(H,93,94)(H,95,96)/b14-10-,25-21-,26-22-,27-23-,32-28-,36-33-,37-34-,42-40-,43-41-,44-35-,52-49-,54-50-,64-60-/t81-,82+,83+/m0/s1. The van der Waals surface area contributed by atoms with E-state index in [2.05, 4.69) is 167 Å². The Kier molecular flexibility index (Phi) is 73.9. The second kappa shape index (κ2) is 77.8. The minimum absolute atomic E-state index is 0.0248. The third-order valence-electron chi connectivity index (χ3n) is 16.5. The largest absolute Gasteiger partial charge is 0.472 e. The lowest BCUT2D eigenvalue weighted by Crippen LogP contribution is -2.30. The van der Waals surface area contributed by atoms with Gasteiger partial charge in [-0.15, -0.1) is 0 Å². The Morgan fingerprint density at radius 3 is 0.849 bits per heavy atom. The van der Waals surface area contributed by atoms with Crippen LogP contribution in [0.2, 0.25) is 0 Å². The third-order valence-corrected chi connectivity index (χ3v) is 18.4. The van der Waals surface area contributed by atoms with Crippen LogP contribution in [0.4, 0.5) is 0 Å². The summed E-state index contributed by atoms with van der Waals surface area (Å²) in [5, 5.41) is 10.6. The number of esters is 4. The van der Waals surface area contributed by atoms with E-state index in [1.807, 2.05) is 18.2 Å². The van der Waals surface area contributed by atoms with E-state index in [0.29, 0.717) is 32.1 Å². The van der Waals surface area contributed by atoms with Crippen LogP contribution in [0.1, 0.15) is 310 Å². The molecular weight excluding hydrogens is 1380 g/mol. The second-order valence-electron chi connectivity index (χ2n) is 26.6. The number of allylic oxidation sites excluding steroid dienone is 26. The molecule has 2 unspecified atom stereocenters. The number of rotatable bonds is 75. The van der Waals surface area contributed by atoms with Crippen molar-refractivity contribution in [2.75, 3.05) is 39.6 Å². The van der Waals surface area contributed by atoms with Crippen LogP contribution >= 0.6 is 15.6 Å². The molecule has 0 spiro atoms. The van der Waals surface area contributed by atoms with Crippen molar-refractivity contribution < 1.29 is 80.2 Å². The predicted molar refractivity (Wildman–Crippen MR) is 436 cm³/mol. The van der Waals surface area contributed by atoms with Crippen molar-refractivity contribution in [1.29, 1.82) is 0 Å². The first-order valence-electron chi connectivity index (χ1n) is 40.7. The van der Waals surface area contributed by atoms with E-state index < -0.39 is 97.5 Å². The molecule has 19 heteroatoms. The average molecular weight is 1520 g/mol. The number of aliphatic hydroxyl groups is 1. The lowest BCUT2D eigenvalue weighted by atomic mass is 10.1. The van der Waals surface area contributed by atoms with Gasteiger partial charge in [-0.3, -0.25) is 37.3 Å². The van der Waals surface area contributed by atoms with Crippen LogP contribution in [0, 0.1) is 0 Å². The first-order chi connectivity index (χ1) is 51.7. The molecule has 0 aromatic rings. The molecule has 0 aliphatic rings. The fourth-order valence-corrected chi connectivity index (χ4v) is 11.8. The second-order valence-corrected chi connectivity index (χ2v) is 29.5. The van der Waals surface area contributed by atoms with Gasteiger partial charge in [0.25, 0.3) is 0 Å². The Hall–Kier alpha value is -5.32. The van der Waals surface area contributed by atoms with Gasteiger partial charge in [0.05, 0.1) is 26.4 Å². The van der Waals surface area contributed by atoms with Gasteiger partial charge in [0.2, 0.25) is 0 Å². The maximum atomic E-state index is 13.1. The van der Waals surface area contributed by atoms with Crippen LogP contribution in [0.5, 0.6) is 0 Å². The molecule has 5 atom stereocenters. The van der Waals surface area contributed by atoms with E-state index >= 15 is 0 Å². The summed E-state index contributed by atoms with van der Waals surface area (Å²) in [5.74, 6) is -2.34. The summed E-state index contributed by atoms with van der Waals surface area (Å²) in [6.45, 7) is 4.54. The normalized spacial score (nSPS) is 14.7. The van der Waals surface area contributed by atoms with E-state index in [-0.39, 0.29) is 25.7 Å². The maximum Gasteiger partial charge on any atom is 0.472 e. The summed E-state index contributed by atoms with van der Waals surface area (Å²) in [5.41, 5.74) is 0. The summed E-state index contributed by atoms with van der Waals surface area (Å²) in [7, 11) is -10.0. The monoisotopic (exact) mass is 1520 g/mol. The molecular formula is C87H144O17P2. The van der Waals surface area contributed by atoms with Gasteiger partial charge in [0, 0.05) is 25.7 Å². The van der Waals surface area contributed by atoms with Crippen LogP contribution in [0.15, 0.2) is 158 Å². The smallest absolute Gasteiger partial charge is 0.462 e. The van der Waals surface area contributed by atoms with E-state index in [0.717, 1.165) is 161 Å². The number of unbranched alkanes of at least 4 members (excludes halogenated alkanes) is 23. The van der Waals surface area contributed by atoms with Crippen LogP contribution < -0.4 is 0 Å². The molecule has 0 bridgehead atoms. The molecule has 0 aliphatic heterocycles. The molecule has 3 N–H and O–H groups in total. The van der Waals surface area contributed by atoms with Gasteiger partial charge < -0.3 is 33.8 Å². The SMILES string of the molecule is CC/C=C\C/C=C\C/C=C\C/C=C\C/C=C\CCCCCC(=O)O[C@H](COC(=O)CC/C=C\C/C=C\C/C=C\C/C=C\C/C=C\CCCCC)COP(=O)(O)OC[C@@H](O)COP(=O)(O)OC[C@@H](COC(=O)CCCCCCC/C=C\C/C=C\CCCCC)OC(=O)CCCCCCC/C=C\CCCCCC. The highest BCUT2D eigenvalue weighted by molar-refractivity contribution is 7.47. The molecule has 604 valence electrons. The Morgan fingerprint density at radius 2 is 0.509 bits per heavy atom. The van der Waals surface area contributed by atoms with E-state index in [9.17, 15) is 43.2 Å². The zero-order valence-electron chi connectivity index (χ0n) is 66.1. The van der Waals surface area contributed by atoms with Crippen LogP contribution in [-0.2, 0) is 65.4 Å². The number of carbonyl (C=O) groups is 4. The highest BCUT2D eigenvalue weighted by Gasteiger charge is 2.30. The number of hydrogen-bond acceptors (Lipinski definition) is 15. The number of phosphoric acid groups is 2. The number of hydrogen-bond donors (Lipinski definition) is 3. The Balaban J connectivity index is 5.49. The maximum absolute atomic E-state index is 13.1. The van der Waals surface area contributed by atoms with Crippen LogP contribution in [0.3, 0.4) is 0 Å². The Bertz CT molecular complexity index is 2630. The molecule has 0 aliphatic carbocycles. The predicted octanol–water partition coefficient (Wildman–Crippen LogP) is 24.0. The van der Waals surface area contributed by atoms with Crippen molar-refractivity contribution in [2.45, 2.75) is 329 Å². The Morgan fingerprint density at radius 1 is 0.274 bits per heavy atom. The molecule has 0 rings (SSSR count).